The molecule has 1 N–H and O–H groups in total. The molecule has 0 saturated carbocycles. The fourth-order valence-corrected chi connectivity index (χ4v) is 3.36. The van der Waals surface area contributed by atoms with Crippen molar-refractivity contribution in [2.24, 2.45) is 0 Å². The van der Waals surface area contributed by atoms with Crippen molar-refractivity contribution < 1.29 is 32.2 Å². The molecule has 8 nitrogen and oxygen atoms in total. The average molecular weight is 539 g/mol. The van der Waals surface area contributed by atoms with E-state index in [4.69, 9.17) is 21.1 Å². The summed E-state index contributed by atoms with van der Waals surface area (Å²) in [6, 6.07) is 11.9. The molecule has 198 valence electrons. The van der Waals surface area contributed by atoms with Crippen molar-refractivity contribution >= 4 is 17.5 Å². The third-order valence-corrected chi connectivity index (χ3v) is 5.82. The first-order chi connectivity index (χ1) is 17.5. The number of amides is 1. The second kappa shape index (κ2) is 11.7. The molecular weight excluding hydrogens is 513 g/mol. The summed E-state index contributed by atoms with van der Waals surface area (Å²) in [6.07, 6.45) is -4.01. The zero-order valence-electron chi connectivity index (χ0n) is 20.6. The summed E-state index contributed by atoms with van der Waals surface area (Å²) < 4.78 is 55.2. The maximum Gasteiger partial charge on any atom is 0.426 e. The van der Waals surface area contributed by atoms with Crippen LogP contribution in [0.4, 0.5) is 13.2 Å². The Kier molecular flexibility index (Phi) is 8.93. The molecule has 0 bridgehead atoms. The van der Waals surface area contributed by atoms with Crippen LogP contribution in [0.15, 0.2) is 42.5 Å². The van der Waals surface area contributed by atoms with Gasteiger partial charge in [0.1, 0.15) is 5.75 Å². The van der Waals surface area contributed by atoms with Crippen molar-refractivity contribution in [2.75, 3.05) is 20.8 Å². The molecule has 0 aliphatic heterocycles. The Bertz CT molecular complexity index is 1240. The molecular formula is C25H26ClF3N4O4. The summed E-state index contributed by atoms with van der Waals surface area (Å²) in [5.74, 6) is -0.114. The van der Waals surface area contributed by atoms with Crippen LogP contribution in [0, 0.1) is 0 Å². The first-order valence-electron chi connectivity index (χ1n) is 11.2. The lowest BCUT2D eigenvalue weighted by molar-refractivity contribution is -0.253. The van der Waals surface area contributed by atoms with E-state index in [1.165, 1.54) is 13.2 Å². The highest BCUT2D eigenvalue weighted by Gasteiger charge is 2.57. The van der Waals surface area contributed by atoms with Crippen LogP contribution in [-0.4, -0.2) is 53.5 Å². The molecule has 0 radical (unpaired) electrons. The standard InChI is InChI=1S/C25H26ClF3N4O4/c1-5-12-37-17-9-7-16(8-10-17)20-31-21(33-23(32-20)35-3)18-13-15(6-11-19(18)26)14-30-22(34)24(2,36-4)25(27,28)29/h6-11,13H,5,12,14H2,1-4H3,(H,30,34). The first-order valence-corrected chi connectivity index (χ1v) is 11.6. The van der Waals surface area contributed by atoms with E-state index >= 15 is 0 Å². The molecule has 0 saturated heterocycles. The van der Waals surface area contributed by atoms with E-state index in [0.717, 1.165) is 13.5 Å². The highest BCUT2D eigenvalue weighted by molar-refractivity contribution is 6.33. The summed E-state index contributed by atoms with van der Waals surface area (Å²) in [7, 11) is 2.23. The fraction of sp³-hybridized carbons (Fsp3) is 0.360. The van der Waals surface area contributed by atoms with Gasteiger partial charge in [-0.3, -0.25) is 4.79 Å². The third-order valence-electron chi connectivity index (χ3n) is 5.49. The molecule has 1 amide bonds. The number of benzene rings is 2. The predicted molar refractivity (Wildman–Crippen MR) is 131 cm³/mol. The molecule has 3 aromatic rings. The number of hydrogen-bond acceptors (Lipinski definition) is 7. The van der Waals surface area contributed by atoms with Gasteiger partial charge in [0.25, 0.3) is 5.91 Å². The minimum atomic E-state index is -4.89. The van der Waals surface area contributed by atoms with E-state index in [1.807, 2.05) is 6.92 Å². The number of nitrogens with zero attached hydrogens (tertiary/aromatic N) is 3. The molecule has 1 atom stereocenters. The van der Waals surface area contributed by atoms with Gasteiger partial charge >= 0.3 is 12.2 Å². The van der Waals surface area contributed by atoms with Gasteiger partial charge in [0.2, 0.25) is 5.60 Å². The molecule has 2 aromatic carbocycles. The smallest absolute Gasteiger partial charge is 0.426 e. The van der Waals surface area contributed by atoms with Crippen LogP contribution in [0.2, 0.25) is 5.02 Å². The van der Waals surface area contributed by atoms with E-state index in [1.54, 1.807) is 36.4 Å². The minimum Gasteiger partial charge on any atom is -0.494 e. The maximum absolute atomic E-state index is 13.3. The van der Waals surface area contributed by atoms with Crippen molar-refractivity contribution in [2.45, 2.75) is 38.6 Å². The number of ether oxygens (including phenoxy) is 3. The highest BCUT2D eigenvalue weighted by Crippen LogP contribution is 2.33. The lowest BCUT2D eigenvalue weighted by Gasteiger charge is -2.29. The number of nitrogens with one attached hydrogen (secondary N) is 1. The van der Waals surface area contributed by atoms with Crippen LogP contribution in [0.1, 0.15) is 25.8 Å². The monoisotopic (exact) mass is 538 g/mol. The average Bonchev–Trinajstić information content (AvgIpc) is 2.90. The topological polar surface area (TPSA) is 95.5 Å². The summed E-state index contributed by atoms with van der Waals surface area (Å²) in [6.45, 7) is 3.06. The highest BCUT2D eigenvalue weighted by atomic mass is 35.5. The van der Waals surface area contributed by atoms with Gasteiger partial charge in [-0.1, -0.05) is 24.6 Å². The Morgan fingerprint density at radius 2 is 1.70 bits per heavy atom. The second-order valence-corrected chi connectivity index (χ2v) is 8.48. The van der Waals surface area contributed by atoms with Crippen LogP contribution in [0.5, 0.6) is 11.8 Å². The van der Waals surface area contributed by atoms with E-state index in [9.17, 15) is 18.0 Å². The van der Waals surface area contributed by atoms with Crippen LogP contribution >= 0.6 is 11.6 Å². The van der Waals surface area contributed by atoms with Gasteiger partial charge < -0.3 is 19.5 Å². The van der Waals surface area contributed by atoms with Gasteiger partial charge in [-0.15, -0.1) is 0 Å². The van der Waals surface area contributed by atoms with Crippen molar-refractivity contribution in [3.63, 3.8) is 0 Å². The fourth-order valence-electron chi connectivity index (χ4n) is 3.16. The Balaban J connectivity index is 1.89. The summed E-state index contributed by atoms with van der Waals surface area (Å²) in [5, 5.41) is 2.54. The molecule has 1 aromatic heterocycles. The van der Waals surface area contributed by atoms with Crippen molar-refractivity contribution in [1.29, 1.82) is 0 Å². The number of carbonyl (C=O) groups excluding carboxylic acids is 1. The molecule has 1 heterocycles. The molecule has 0 fully saturated rings. The van der Waals surface area contributed by atoms with E-state index in [2.05, 4.69) is 25.0 Å². The minimum absolute atomic E-state index is 0.0436. The number of rotatable bonds is 10. The van der Waals surface area contributed by atoms with Crippen LogP contribution < -0.4 is 14.8 Å². The number of methoxy groups -OCH3 is 2. The number of hydrogen-bond donors (Lipinski definition) is 1. The molecule has 0 aliphatic rings. The van der Waals surface area contributed by atoms with Gasteiger partial charge in [-0.2, -0.15) is 23.1 Å². The molecule has 37 heavy (non-hydrogen) atoms. The number of aromatic nitrogens is 3. The molecule has 1 unspecified atom stereocenters. The van der Waals surface area contributed by atoms with Crippen molar-refractivity contribution in [3.8, 4) is 34.5 Å². The Morgan fingerprint density at radius 3 is 2.30 bits per heavy atom. The number of alkyl halides is 3. The predicted octanol–water partition coefficient (Wildman–Crippen LogP) is 5.24. The number of carbonyl (C=O) groups is 1. The zero-order valence-corrected chi connectivity index (χ0v) is 21.4. The van der Waals surface area contributed by atoms with Gasteiger partial charge in [-0.05, 0) is 55.3 Å². The van der Waals surface area contributed by atoms with Crippen molar-refractivity contribution in [1.82, 2.24) is 20.3 Å². The van der Waals surface area contributed by atoms with Gasteiger partial charge in [0.05, 0.1) is 18.7 Å². The Morgan fingerprint density at radius 1 is 1.03 bits per heavy atom. The summed E-state index contributed by atoms with van der Waals surface area (Å²) in [5.41, 5.74) is -1.47. The lowest BCUT2D eigenvalue weighted by Crippen LogP contribution is -2.55. The Labute approximate surface area is 217 Å². The second-order valence-electron chi connectivity index (χ2n) is 8.07. The molecule has 3 rings (SSSR count). The summed E-state index contributed by atoms with van der Waals surface area (Å²) >= 11 is 6.40. The molecule has 0 aliphatic carbocycles. The zero-order chi connectivity index (χ0) is 27.2. The van der Waals surface area contributed by atoms with Crippen LogP contribution in [0.3, 0.4) is 0 Å². The largest absolute Gasteiger partial charge is 0.494 e. The quantitative estimate of drug-likeness (QED) is 0.377. The number of halogens is 4. The van der Waals surface area contributed by atoms with Gasteiger partial charge in [0.15, 0.2) is 11.6 Å². The van der Waals surface area contributed by atoms with Gasteiger partial charge in [0, 0.05) is 24.8 Å². The van der Waals surface area contributed by atoms with Gasteiger partial charge in [-0.25, -0.2) is 4.98 Å². The van der Waals surface area contributed by atoms with E-state index in [0.29, 0.717) is 41.8 Å². The lowest BCUT2D eigenvalue weighted by atomic mass is 10.0. The van der Waals surface area contributed by atoms with E-state index < -0.39 is 17.7 Å². The maximum atomic E-state index is 13.3. The third kappa shape index (κ3) is 6.47. The molecule has 12 heteroatoms. The molecule has 0 spiro atoms. The van der Waals surface area contributed by atoms with E-state index in [-0.39, 0.29) is 23.4 Å². The van der Waals surface area contributed by atoms with Crippen LogP contribution in [0.25, 0.3) is 22.8 Å². The normalized spacial score (nSPS) is 13.1. The Hall–Kier alpha value is -3.44. The first kappa shape index (κ1) is 28.1. The van der Waals surface area contributed by atoms with Crippen molar-refractivity contribution in [3.05, 3.63) is 53.1 Å². The summed E-state index contributed by atoms with van der Waals surface area (Å²) in [4.78, 5) is 25.4. The SMILES string of the molecule is CCCOc1ccc(-c2nc(OC)nc(-c3cc(CNC(=O)C(C)(OC)C(F)(F)F)ccc3Cl)n2)cc1. The van der Waals surface area contributed by atoms with Crippen LogP contribution in [-0.2, 0) is 16.1 Å².